The first-order chi connectivity index (χ1) is 6.27. The van der Waals surface area contributed by atoms with Crippen LogP contribution in [0.1, 0.15) is 44.9 Å². The molecule has 2 nitrogen and oxygen atoms in total. The number of rotatable bonds is 3. The molecule has 1 fully saturated rings. The second-order valence-electron chi connectivity index (χ2n) is 3.95. The van der Waals surface area contributed by atoms with Crippen molar-refractivity contribution in [2.75, 3.05) is 7.11 Å². The fraction of sp³-hybridized carbons (Fsp3) is 0.818. The molecule has 1 saturated carbocycles. The Morgan fingerprint density at radius 1 is 1.23 bits per heavy atom. The first-order valence-corrected chi connectivity index (χ1v) is 5.17. The van der Waals surface area contributed by atoms with Crippen molar-refractivity contribution in [3.8, 4) is 0 Å². The first kappa shape index (κ1) is 10.6. The standard InChI is InChI=1S/C11H20O2/c1-13-10-6-9-11(12)7-4-2-3-5-8-11/h6,10,12H,2-5,7-9H2,1H3/b10-6-. The Balaban J connectivity index is 2.37. The number of hydrogen-bond donors (Lipinski definition) is 1. The lowest BCUT2D eigenvalue weighted by atomic mass is 9.91. The van der Waals surface area contributed by atoms with Crippen LogP contribution in [0, 0.1) is 0 Å². The van der Waals surface area contributed by atoms with E-state index in [2.05, 4.69) is 0 Å². The molecule has 0 aromatic heterocycles. The van der Waals surface area contributed by atoms with E-state index in [1.54, 1.807) is 13.4 Å². The third kappa shape index (κ3) is 3.81. The molecule has 0 unspecified atom stereocenters. The van der Waals surface area contributed by atoms with Crippen LogP contribution >= 0.6 is 0 Å². The summed E-state index contributed by atoms with van der Waals surface area (Å²) in [6.07, 6.45) is 11.1. The first-order valence-electron chi connectivity index (χ1n) is 5.17. The van der Waals surface area contributed by atoms with Crippen molar-refractivity contribution in [2.45, 2.75) is 50.5 Å². The van der Waals surface area contributed by atoms with Crippen LogP contribution in [0.3, 0.4) is 0 Å². The van der Waals surface area contributed by atoms with Gasteiger partial charge in [-0.25, -0.2) is 0 Å². The molecule has 0 heterocycles. The monoisotopic (exact) mass is 184 g/mol. The minimum Gasteiger partial charge on any atom is -0.505 e. The number of aliphatic hydroxyl groups is 1. The maximum absolute atomic E-state index is 10.2. The van der Waals surface area contributed by atoms with E-state index in [1.807, 2.05) is 6.08 Å². The van der Waals surface area contributed by atoms with Gasteiger partial charge in [0.05, 0.1) is 19.0 Å². The van der Waals surface area contributed by atoms with Crippen molar-refractivity contribution in [3.63, 3.8) is 0 Å². The average Bonchev–Trinajstić information content (AvgIpc) is 2.31. The average molecular weight is 184 g/mol. The van der Waals surface area contributed by atoms with Gasteiger partial charge < -0.3 is 9.84 Å². The molecule has 76 valence electrons. The molecule has 0 aromatic carbocycles. The van der Waals surface area contributed by atoms with Crippen LogP contribution < -0.4 is 0 Å². The van der Waals surface area contributed by atoms with Crippen molar-refractivity contribution in [1.29, 1.82) is 0 Å². The highest BCUT2D eigenvalue weighted by atomic mass is 16.5. The van der Waals surface area contributed by atoms with Crippen LogP contribution in [0.2, 0.25) is 0 Å². The zero-order valence-corrected chi connectivity index (χ0v) is 8.46. The molecule has 1 aliphatic rings. The molecule has 0 radical (unpaired) electrons. The molecule has 2 heteroatoms. The van der Waals surface area contributed by atoms with E-state index in [1.165, 1.54) is 12.8 Å². The Labute approximate surface area is 80.6 Å². The van der Waals surface area contributed by atoms with E-state index in [4.69, 9.17) is 4.74 Å². The highest BCUT2D eigenvalue weighted by Crippen LogP contribution is 2.29. The van der Waals surface area contributed by atoms with Gasteiger partial charge in [0.15, 0.2) is 0 Å². The second-order valence-corrected chi connectivity index (χ2v) is 3.95. The molecule has 13 heavy (non-hydrogen) atoms. The predicted molar refractivity (Wildman–Crippen MR) is 53.4 cm³/mol. The van der Waals surface area contributed by atoms with Gasteiger partial charge in [0.1, 0.15) is 0 Å². The van der Waals surface area contributed by atoms with Crippen molar-refractivity contribution in [3.05, 3.63) is 12.3 Å². The van der Waals surface area contributed by atoms with Gasteiger partial charge >= 0.3 is 0 Å². The van der Waals surface area contributed by atoms with Crippen LogP contribution in [0.4, 0.5) is 0 Å². The largest absolute Gasteiger partial charge is 0.505 e. The van der Waals surface area contributed by atoms with Crippen molar-refractivity contribution < 1.29 is 9.84 Å². The summed E-state index contributed by atoms with van der Waals surface area (Å²) in [5, 5.41) is 10.2. The zero-order chi connectivity index (χ0) is 9.57. The zero-order valence-electron chi connectivity index (χ0n) is 8.46. The van der Waals surface area contributed by atoms with Crippen LogP contribution in [0.25, 0.3) is 0 Å². The molecule has 0 aromatic rings. The van der Waals surface area contributed by atoms with Crippen LogP contribution in [-0.4, -0.2) is 17.8 Å². The molecule has 0 spiro atoms. The third-order valence-corrected chi connectivity index (χ3v) is 2.76. The van der Waals surface area contributed by atoms with Gasteiger partial charge in [0, 0.05) is 0 Å². The number of ether oxygens (including phenoxy) is 1. The Morgan fingerprint density at radius 2 is 1.85 bits per heavy atom. The third-order valence-electron chi connectivity index (χ3n) is 2.76. The summed E-state index contributed by atoms with van der Waals surface area (Å²) in [5.41, 5.74) is -0.453. The lowest BCUT2D eigenvalue weighted by Crippen LogP contribution is -2.26. The fourth-order valence-electron chi connectivity index (χ4n) is 1.95. The van der Waals surface area contributed by atoms with E-state index in [0.29, 0.717) is 0 Å². The van der Waals surface area contributed by atoms with Crippen molar-refractivity contribution in [1.82, 2.24) is 0 Å². The van der Waals surface area contributed by atoms with E-state index >= 15 is 0 Å². The minimum absolute atomic E-state index is 0.453. The Kier molecular flexibility index (Phi) is 4.29. The summed E-state index contributed by atoms with van der Waals surface area (Å²) in [5.74, 6) is 0. The minimum atomic E-state index is -0.453. The topological polar surface area (TPSA) is 29.5 Å². The number of hydrogen-bond acceptors (Lipinski definition) is 2. The summed E-state index contributed by atoms with van der Waals surface area (Å²) in [6.45, 7) is 0. The molecule has 1 rings (SSSR count). The Hall–Kier alpha value is -0.500. The fourth-order valence-corrected chi connectivity index (χ4v) is 1.95. The van der Waals surface area contributed by atoms with Gasteiger partial charge in [-0.05, 0) is 25.3 Å². The summed E-state index contributed by atoms with van der Waals surface area (Å²) in [6, 6.07) is 0. The van der Waals surface area contributed by atoms with Gasteiger partial charge in [0.25, 0.3) is 0 Å². The Bertz CT molecular complexity index is 155. The molecule has 1 N–H and O–H groups in total. The molecule has 1 aliphatic carbocycles. The summed E-state index contributed by atoms with van der Waals surface area (Å²) in [7, 11) is 1.63. The van der Waals surface area contributed by atoms with Crippen LogP contribution in [-0.2, 0) is 4.74 Å². The van der Waals surface area contributed by atoms with Crippen molar-refractivity contribution in [2.24, 2.45) is 0 Å². The van der Waals surface area contributed by atoms with E-state index in [0.717, 1.165) is 32.1 Å². The van der Waals surface area contributed by atoms with Crippen LogP contribution in [0.5, 0.6) is 0 Å². The number of methoxy groups -OCH3 is 1. The van der Waals surface area contributed by atoms with E-state index in [-0.39, 0.29) is 0 Å². The second kappa shape index (κ2) is 5.28. The van der Waals surface area contributed by atoms with E-state index < -0.39 is 5.60 Å². The lowest BCUT2D eigenvalue weighted by Gasteiger charge is -2.24. The molecule has 0 bridgehead atoms. The summed E-state index contributed by atoms with van der Waals surface area (Å²) < 4.78 is 4.82. The van der Waals surface area contributed by atoms with Crippen LogP contribution in [0.15, 0.2) is 12.3 Å². The van der Waals surface area contributed by atoms with Gasteiger partial charge in [-0.2, -0.15) is 0 Å². The van der Waals surface area contributed by atoms with Gasteiger partial charge in [-0.1, -0.05) is 25.7 Å². The summed E-state index contributed by atoms with van der Waals surface area (Å²) >= 11 is 0. The van der Waals surface area contributed by atoms with E-state index in [9.17, 15) is 5.11 Å². The molecule has 0 aliphatic heterocycles. The molecular formula is C11H20O2. The predicted octanol–water partition coefficient (Wildman–Crippen LogP) is 2.62. The highest BCUT2D eigenvalue weighted by Gasteiger charge is 2.26. The normalized spacial score (nSPS) is 22.9. The van der Waals surface area contributed by atoms with Gasteiger partial charge in [-0.3, -0.25) is 0 Å². The van der Waals surface area contributed by atoms with Gasteiger partial charge in [0.2, 0.25) is 0 Å². The maximum atomic E-state index is 10.2. The molecular weight excluding hydrogens is 164 g/mol. The summed E-state index contributed by atoms with van der Waals surface area (Å²) in [4.78, 5) is 0. The van der Waals surface area contributed by atoms with Gasteiger partial charge in [-0.15, -0.1) is 0 Å². The highest BCUT2D eigenvalue weighted by molar-refractivity contribution is 4.89. The quantitative estimate of drug-likeness (QED) is 0.539. The maximum Gasteiger partial charge on any atom is 0.0785 e. The molecule has 0 atom stereocenters. The smallest absolute Gasteiger partial charge is 0.0785 e. The lowest BCUT2D eigenvalue weighted by molar-refractivity contribution is 0.0274. The molecule has 0 saturated heterocycles. The SMILES string of the molecule is CO/C=C\CC1(O)CCCCCC1. The Morgan fingerprint density at radius 3 is 2.38 bits per heavy atom. The molecule has 0 amide bonds. The van der Waals surface area contributed by atoms with Crippen molar-refractivity contribution >= 4 is 0 Å².